The monoisotopic (exact) mass is 390 g/mol. The largest absolute Gasteiger partial charge is 0.469 e. The van der Waals surface area contributed by atoms with Crippen LogP contribution in [-0.2, 0) is 9.53 Å². The third-order valence-corrected chi connectivity index (χ3v) is 10.1. The third kappa shape index (κ3) is 5.24. The molecule has 28 heavy (non-hydrogen) atoms. The summed E-state index contributed by atoms with van der Waals surface area (Å²) in [5.41, 5.74) is 3.73. The van der Waals surface area contributed by atoms with Gasteiger partial charge in [-0.2, -0.15) is 0 Å². The van der Waals surface area contributed by atoms with E-state index < -0.39 is 8.07 Å². The van der Waals surface area contributed by atoms with Crippen LogP contribution >= 0.6 is 0 Å². The van der Waals surface area contributed by atoms with Crippen molar-refractivity contribution in [2.24, 2.45) is 0 Å². The van der Waals surface area contributed by atoms with E-state index >= 15 is 0 Å². The first-order valence-electron chi connectivity index (χ1n) is 9.77. The van der Waals surface area contributed by atoms with Gasteiger partial charge in [-0.25, -0.2) is 0 Å². The number of benzene rings is 2. The van der Waals surface area contributed by atoms with Gasteiger partial charge in [0, 0.05) is 6.42 Å². The Hall–Kier alpha value is -2.57. The number of unbranched alkanes of at least 4 members (excludes halogenated alkanes) is 1. The van der Waals surface area contributed by atoms with Crippen LogP contribution in [0.5, 0.6) is 0 Å². The van der Waals surface area contributed by atoms with E-state index in [0.717, 1.165) is 12.8 Å². The first kappa shape index (κ1) is 21.7. The van der Waals surface area contributed by atoms with Gasteiger partial charge in [0.1, 0.15) is 0 Å². The maximum Gasteiger partial charge on any atom is 0.305 e. The van der Waals surface area contributed by atoms with Crippen LogP contribution in [0.1, 0.15) is 40.0 Å². The molecule has 2 aromatic carbocycles. The van der Waals surface area contributed by atoms with Crippen molar-refractivity contribution in [3.05, 3.63) is 72.8 Å². The summed E-state index contributed by atoms with van der Waals surface area (Å²) in [5.74, 6) is 3.19. The van der Waals surface area contributed by atoms with E-state index in [-0.39, 0.29) is 11.0 Å². The lowest BCUT2D eigenvalue weighted by Crippen LogP contribution is -2.63. The normalized spacial score (nSPS) is 11.7. The number of ether oxygens (including phenoxy) is 1. The van der Waals surface area contributed by atoms with E-state index in [1.807, 2.05) is 12.2 Å². The number of esters is 1. The SMILES string of the molecule is COC(=O)CCC/C=C\C#C[Si](c1ccccc1)(c1ccccc1)C(C)(C)C. The average Bonchev–Trinajstić information content (AvgIpc) is 2.70. The Balaban J connectivity index is 2.37. The summed E-state index contributed by atoms with van der Waals surface area (Å²) in [6, 6.07) is 21.4. The van der Waals surface area contributed by atoms with Crippen LogP contribution in [0.2, 0.25) is 5.04 Å². The predicted octanol–water partition coefficient (Wildman–Crippen LogP) is 4.49. The van der Waals surface area contributed by atoms with Crippen LogP contribution in [0.25, 0.3) is 0 Å². The van der Waals surface area contributed by atoms with Crippen LogP contribution in [0.3, 0.4) is 0 Å². The second kappa shape index (κ2) is 10.1. The molecule has 0 aliphatic carbocycles. The van der Waals surface area contributed by atoms with E-state index in [1.165, 1.54) is 17.5 Å². The molecular weight excluding hydrogens is 360 g/mol. The smallest absolute Gasteiger partial charge is 0.305 e. The Morgan fingerprint density at radius 2 is 1.54 bits per heavy atom. The van der Waals surface area contributed by atoms with Crippen molar-refractivity contribution in [1.29, 1.82) is 0 Å². The number of carbonyl (C=O) groups is 1. The van der Waals surface area contributed by atoms with Crippen LogP contribution in [-0.4, -0.2) is 21.2 Å². The highest BCUT2D eigenvalue weighted by atomic mass is 28.3. The molecule has 146 valence electrons. The van der Waals surface area contributed by atoms with Crippen LogP contribution in [0, 0.1) is 11.5 Å². The number of hydrogen-bond acceptors (Lipinski definition) is 2. The van der Waals surface area contributed by atoms with E-state index in [1.54, 1.807) is 0 Å². The summed E-state index contributed by atoms with van der Waals surface area (Å²) in [6.07, 6.45) is 6.04. The van der Waals surface area contributed by atoms with Crippen molar-refractivity contribution in [2.75, 3.05) is 7.11 Å². The molecule has 0 aliphatic rings. The van der Waals surface area contributed by atoms with Gasteiger partial charge in [0.2, 0.25) is 8.07 Å². The quantitative estimate of drug-likeness (QED) is 0.314. The Bertz CT molecular complexity index is 797. The lowest BCUT2D eigenvalue weighted by atomic mass is 10.2. The fraction of sp³-hybridized carbons (Fsp3) is 0.320. The molecule has 0 bridgehead atoms. The van der Waals surface area contributed by atoms with Crippen LogP contribution < -0.4 is 10.4 Å². The first-order chi connectivity index (χ1) is 13.4. The topological polar surface area (TPSA) is 26.3 Å². The highest BCUT2D eigenvalue weighted by molar-refractivity contribution is 7.10. The lowest BCUT2D eigenvalue weighted by molar-refractivity contribution is -0.140. The summed E-state index contributed by atoms with van der Waals surface area (Å²) in [6.45, 7) is 6.90. The summed E-state index contributed by atoms with van der Waals surface area (Å²) in [4.78, 5) is 11.2. The predicted molar refractivity (Wildman–Crippen MR) is 120 cm³/mol. The zero-order valence-electron chi connectivity index (χ0n) is 17.4. The number of hydrogen-bond donors (Lipinski definition) is 0. The second-order valence-corrected chi connectivity index (χ2v) is 12.3. The van der Waals surface area contributed by atoms with Crippen molar-refractivity contribution in [3.63, 3.8) is 0 Å². The van der Waals surface area contributed by atoms with E-state index in [9.17, 15) is 4.79 Å². The second-order valence-electron chi connectivity index (χ2n) is 7.87. The minimum absolute atomic E-state index is 0.0292. The summed E-state index contributed by atoms with van der Waals surface area (Å²) < 4.78 is 4.67. The molecule has 0 atom stereocenters. The van der Waals surface area contributed by atoms with Gasteiger partial charge in [-0.15, -0.1) is 5.54 Å². The molecule has 0 saturated heterocycles. The van der Waals surface area contributed by atoms with Gasteiger partial charge in [0.15, 0.2) is 0 Å². The average molecular weight is 391 g/mol. The molecule has 0 heterocycles. The van der Waals surface area contributed by atoms with Crippen LogP contribution in [0.4, 0.5) is 0 Å². The zero-order valence-corrected chi connectivity index (χ0v) is 18.4. The highest BCUT2D eigenvalue weighted by Gasteiger charge is 2.46. The van der Waals surface area contributed by atoms with Crippen molar-refractivity contribution >= 4 is 24.4 Å². The molecule has 0 saturated carbocycles. The van der Waals surface area contributed by atoms with E-state index in [4.69, 9.17) is 0 Å². The first-order valence-corrected chi connectivity index (χ1v) is 11.8. The van der Waals surface area contributed by atoms with Gasteiger partial charge in [-0.05, 0) is 34.3 Å². The molecular formula is C25H30O2Si. The van der Waals surface area contributed by atoms with Gasteiger partial charge in [-0.3, -0.25) is 4.79 Å². The van der Waals surface area contributed by atoms with Gasteiger partial charge in [-0.1, -0.05) is 93.4 Å². The van der Waals surface area contributed by atoms with E-state index in [2.05, 4.69) is 97.6 Å². The minimum Gasteiger partial charge on any atom is -0.469 e. The maximum absolute atomic E-state index is 11.2. The Labute approximate surface area is 170 Å². The lowest BCUT2D eigenvalue weighted by Gasteiger charge is -2.39. The third-order valence-electron chi connectivity index (χ3n) is 4.98. The molecule has 0 fully saturated rings. The fourth-order valence-electron chi connectivity index (χ4n) is 3.50. The van der Waals surface area contributed by atoms with Gasteiger partial charge >= 0.3 is 5.97 Å². The molecule has 0 amide bonds. The highest BCUT2D eigenvalue weighted by Crippen LogP contribution is 2.35. The van der Waals surface area contributed by atoms with Gasteiger partial charge in [0.05, 0.1) is 7.11 Å². The Kier molecular flexibility index (Phi) is 7.84. The molecule has 0 radical (unpaired) electrons. The number of carbonyl (C=O) groups excluding carboxylic acids is 1. The summed E-state index contributed by atoms with van der Waals surface area (Å²) >= 11 is 0. The van der Waals surface area contributed by atoms with Crippen molar-refractivity contribution in [3.8, 4) is 11.5 Å². The van der Waals surface area contributed by atoms with Crippen LogP contribution in [0.15, 0.2) is 72.8 Å². The maximum atomic E-state index is 11.2. The van der Waals surface area contributed by atoms with Crippen molar-refractivity contribution in [2.45, 2.75) is 45.1 Å². The van der Waals surface area contributed by atoms with Crippen molar-refractivity contribution < 1.29 is 9.53 Å². The molecule has 3 heteroatoms. The standard InChI is InChI=1S/C25H30O2Si/c1-25(2,3)28(22-16-10-8-11-17-22,23-18-12-9-13-19-23)21-15-7-5-6-14-20-24(26)27-4/h5,7-13,16-19H,6,14,20H2,1-4H3/b7-5-. The number of allylic oxidation sites excluding steroid dienone is 2. The molecule has 0 N–H and O–H groups in total. The number of methoxy groups -OCH3 is 1. The molecule has 2 aromatic rings. The van der Waals surface area contributed by atoms with Gasteiger partial charge in [0.25, 0.3) is 0 Å². The minimum atomic E-state index is -2.33. The number of rotatable bonds is 6. The molecule has 2 nitrogen and oxygen atoms in total. The molecule has 0 aliphatic heterocycles. The summed E-state index contributed by atoms with van der Waals surface area (Å²) in [5, 5.41) is 2.70. The Morgan fingerprint density at radius 1 is 1.00 bits per heavy atom. The summed E-state index contributed by atoms with van der Waals surface area (Å²) in [7, 11) is -0.904. The fourth-order valence-corrected chi connectivity index (χ4v) is 7.91. The van der Waals surface area contributed by atoms with E-state index in [0.29, 0.717) is 6.42 Å². The zero-order chi connectivity index (χ0) is 20.5. The van der Waals surface area contributed by atoms with Crippen molar-refractivity contribution in [1.82, 2.24) is 0 Å². The molecule has 0 spiro atoms. The molecule has 0 aromatic heterocycles. The molecule has 2 rings (SSSR count). The Morgan fingerprint density at radius 3 is 2.00 bits per heavy atom. The van der Waals surface area contributed by atoms with Gasteiger partial charge < -0.3 is 4.74 Å². The molecule has 0 unspecified atom stereocenters.